The number of thioether (sulfide) groups is 1. The monoisotopic (exact) mass is 421 g/mol. The van der Waals surface area contributed by atoms with Gasteiger partial charge in [0, 0.05) is 5.41 Å². The summed E-state index contributed by atoms with van der Waals surface area (Å²) in [4.78, 5) is 24.3. The Kier molecular flexibility index (Phi) is 5.91. The summed E-state index contributed by atoms with van der Waals surface area (Å²) in [6.45, 7) is 3.90. The van der Waals surface area contributed by atoms with Crippen molar-refractivity contribution < 1.29 is 18.7 Å². The number of nitrogens with one attached hydrogen (secondary N) is 1. The lowest BCUT2D eigenvalue weighted by Gasteiger charge is -2.55. The predicted molar refractivity (Wildman–Crippen MR) is 108 cm³/mol. The molecule has 160 valence electrons. The lowest BCUT2D eigenvalue weighted by Crippen LogP contribution is -2.48. The molecule has 1 aromatic heterocycles. The van der Waals surface area contributed by atoms with Crippen LogP contribution in [0.15, 0.2) is 9.64 Å². The van der Waals surface area contributed by atoms with Gasteiger partial charge in [0.05, 0.1) is 12.9 Å². The third-order valence-corrected chi connectivity index (χ3v) is 8.03. The predicted octanol–water partition coefficient (Wildman–Crippen LogP) is 3.33. The Morgan fingerprint density at radius 3 is 2.38 bits per heavy atom. The Hall–Kier alpha value is -1.57. The molecule has 0 spiro atoms. The molecule has 2 atom stereocenters. The maximum atomic E-state index is 12.4. The van der Waals surface area contributed by atoms with Crippen LogP contribution in [0.5, 0.6) is 0 Å². The van der Waals surface area contributed by atoms with E-state index in [1.54, 1.807) is 0 Å². The van der Waals surface area contributed by atoms with E-state index in [0.29, 0.717) is 5.22 Å². The summed E-state index contributed by atoms with van der Waals surface area (Å²) < 4.78 is 10.8. The lowest BCUT2D eigenvalue weighted by atomic mass is 9.49. The van der Waals surface area contributed by atoms with Crippen molar-refractivity contribution in [1.82, 2.24) is 15.5 Å². The van der Waals surface area contributed by atoms with Crippen LogP contribution < -0.4 is 5.32 Å². The van der Waals surface area contributed by atoms with Gasteiger partial charge in [-0.25, -0.2) is 4.79 Å². The zero-order valence-electron chi connectivity index (χ0n) is 17.5. The number of nitrogens with zero attached hydrogens (tertiary/aromatic N) is 2. The Bertz CT molecular complexity index is 730. The summed E-state index contributed by atoms with van der Waals surface area (Å²) in [5.41, 5.74) is 0.0648. The number of methoxy groups -OCH3 is 1. The van der Waals surface area contributed by atoms with Crippen molar-refractivity contribution in [2.24, 2.45) is 23.7 Å². The molecule has 4 fully saturated rings. The van der Waals surface area contributed by atoms with Crippen LogP contribution in [0.25, 0.3) is 0 Å². The van der Waals surface area contributed by atoms with E-state index in [0.717, 1.165) is 30.1 Å². The van der Waals surface area contributed by atoms with E-state index in [1.807, 2.05) is 13.8 Å². The first-order valence-corrected chi connectivity index (χ1v) is 11.7. The number of hydrogen-bond acceptors (Lipinski definition) is 7. The van der Waals surface area contributed by atoms with Gasteiger partial charge in [-0.1, -0.05) is 32.0 Å². The number of rotatable bonds is 8. The molecule has 4 aliphatic rings. The molecule has 1 aromatic rings. The molecule has 1 N–H and O–H groups in total. The molecule has 4 bridgehead atoms. The minimum absolute atomic E-state index is 0.00231. The first-order chi connectivity index (χ1) is 13.9. The fourth-order valence-corrected chi connectivity index (χ4v) is 6.57. The average Bonchev–Trinajstić information content (AvgIpc) is 3.18. The molecule has 0 saturated heterocycles. The molecule has 0 radical (unpaired) electrons. The Morgan fingerprint density at radius 1 is 1.21 bits per heavy atom. The molecule has 8 heteroatoms. The summed E-state index contributed by atoms with van der Waals surface area (Å²) in [5.74, 6) is 2.68. The van der Waals surface area contributed by atoms with Crippen molar-refractivity contribution in [3.63, 3.8) is 0 Å². The number of aromatic nitrogens is 2. The second kappa shape index (κ2) is 8.28. The molecular weight excluding hydrogens is 390 g/mol. The fraction of sp³-hybridized carbons (Fsp3) is 0.810. The third kappa shape index (κ3) is 4.18. The van der Waals surface area contributed by atoms with Crippen LogP contribution in [-0.4, -0.2) is 41.0 Å². The van der Waals surface area contributed by atoms with E-state index < -0.39 is 12.0 Å². The van der Waals surface area contributed by atoms with E-state index in [2.05, 4.69) is 15.5 Å². The van der Waals surface area contributed by atoms with Gasteiger partial charge in [0.1, 0.15) is 6.04 Å². The molecule has 4 aliphatic carbocycles. The van der Waals surface area contributed by atoms with Gasteiger partial charge in [-0.3, -0.25) is 4.79 Å². The van der Waals surface area contributed by atoms with Crippen molar-refractivity contribution >= 4 is 23.6 Å². The third-order valence-electron chi connectivity index (χ3n) is 7.21. The van der Waals surface area contributed by atoms with Crippen LogP contribution >= 0.6 is 11.8 Å². The topological polar surface area (TPSA) is 94.3 Å². The van der Waals surface area contributed by atoms with Crippen molar-refractivity contribution in [3.8, 4) is 0 Å². The highest BCUT2D eigenvalue weighted by Gasteiger charge is 2.54. The van der Waals surface area contributed by atoms with Crippen LogP contribution in [0.1, 0.15) is 64.7 Å². The van der Waals surface area contributed by atoms with E-state index in [-0.39, 0.29) is 23.0 Å². The van der Waals surface area contributed by atoms with E-state index in [4.69, 9.17) is 9.15 Å². The summed E-state index contributed by atoms with van der Waals surface area (Å²) in [7, 11) is 1.34. The van der Waals surface area contributed by atoms with Crippen molar-refractivity contribution in [2.75, 3.05) is 12.9 Å². The highest BCUT2D eigenvalue weighted by molar-refractivity contribution is 7.99. The van der Waals surface area contributed by atoms with Gasteiger partial charge in [-0.15, -0.1) is 10.2 Å². The van der Waals surface area contributed by atoms with Crippen molar-refractivity contribution in [3.05, 3.63) is 5.89 Å². The average molecular weight is 422 g/mol. The van der Waals surface area contributed by atoms with Gasteiger partial charge in [-0.2, -0.15) is 0 Å². The van der Waals surface area contributed by atoms with Crippen molar-refractivity contribution in [2.45, 2.75) is 75.5 Å². The van der Waals surface area contributed by atoms with Gasteiger partial charge < -0.3 is 14.5 Å². The Morgan fingerprint density at radius 2 is 1.83 bits per heavy atom. The maximum Gasteiger partial charge on any atom is 0.328 e. The van der Waals surface area contributed by atoms with Gasteiger partial charge >= 0.3 is 5.97 Å². The smallest absolute Gasteiger partial charge is 0.328 e. The molecule has 0 aromatic carbocycles. The molecule has 0 unspecified atom stereocenters. The second-order valence-electron chi connectivity index (χ2n) is 9.31. The quantitative estimate of drug-likeness (QED) is 0.508. The Balaban J connectivity index is 1.35. The number of hydrogen-bond donors (Lipinski definition) is 1. The van der Waals surface area contributed by atoms with Gasteiger partial charge in [-0.05, 0) is 62.2 Å². The number of carbonyl (C=O) groups is 2. The van der Waals surface area contributed by atoms with E-state index >= 15 is 0 Å². The SMILES string of the molecule is CC[C@@H](C)[C@H](NC(=O)CSc1nnc(C23CC4CC(CC(C4)C2)C3)o1)C(=O)OC. The van der Waals surface area contributed by atoms with Crippen molar-refractivity contribution in [1.29, 1.82) is 0 Å². The normalized spacial score (nSPS) is 32.0. The van der Waals surface area contributed by atoms with Crippen LogP contribution in [-0.2, 0) is 19.7 Å². The number of ether oxygens (including phenoxy) is 1. The first kappa shape index (κ1) is 20.7. The molecule has 5 rings (SSSR count). The Labute approximate surface area is 176 Å². The summed E-state index contributed by atoms with van der Waals surface area (Å²) >= 11 is 1.23. The molecule has 7 nitrogen and oxygen atoms in total. The minimum atomic E-state index is -0.636. The van der Waals surface area contributed by atoms with Gasteiger partial charge in [0.15, 0.2) is 0 Å². The molecular formula is C21H31N3O4S. The highest BCUT2D eigenvalue weighted by Crippen LogP contribution is 2.60. The number of carbonyl (C=O) groups excluding carboxylic acids is 2. The summed E-state index contributed by atoms with van der Waals surface area (Å²) in [6.07, 6.45) is 8.38. The van der Waals surface area contributed by atoms with E-state index in [1.165, 1.54) is 57.4 Å². The summed E-state index contributed by atoms with van der Waals surface area (Å²) in [6, 6.07) is -0.636. The fourth-order valence-electron chi connectivity index (χ4n) is 5.99. The largest absolute Gasteiger partial charge is 0.467 e. The van der Waals surface area contributed by atoms with Crippen LogP contribution in [0, 0.1) is 23.7 Å². The van der Waals surface area contributed by atoms with Gasteiger partial charge in [0.2, 0.25) is 11.8 Å². The number of esters is 1. The first-order valence-electron chi connectivity index (χ1n) is 10.8. The standard InChI is InChI=1S/C21H31N3O4S/c1-4-12(2)17(18(26)27-3)22-16(25)11-29-20-24-23-19(28-20)21-8-13-5-14(9-21)7-15(6-13)10-21/h12-15,17H,4-11H2,1-3H3,(H,22,25)/t12-,13?,14?,15?,17+,21?/m1/s1. The van der Waals surface area contributed by atoms with Crippen LogP contribution in [0.3, 0.4) is 0 Å². The summed E-state index contributed by atoms with van der Waals surface area (Å²) in [5, 5.41) is 11.8. The molecule has 4 saturated carbocycles. The lowest BCUT2D eigenvalue weighted by molar-refractivity contribution is -0.146. The molecule has 0 aliphatic heterocycles. The van der Waals surface area contributed by atoms with E-state index in [9.17, 15) is 9.59 Å². The maximum absolute atomic E-state index is 12.4. The molecule has 1 heterocycles. The van der Waals surface area contributed by atoms with Crippen LogP contribution in [0.4, 0.5) is 0 Å². The number of amides is 1. The van der Waals surface area contributed by atoms with Crippen LogP contribution in [0.2, 0.25) is 0 Å². The highest BCUT2D eigenvalue weighted by atomic mass is 32.2. The minimum Gasteiger partial charge on any atom is -0.467 e. The van der Waals surface area contributed by atoms with Gasteiger partial charge in [0.25, 0.3) is 5.22 Å². The zero-order chi connectivity index (χ0) is 20.6. The second-order valence-corrected chi connectivity index (χ2v) is 10.2. The molecule has 1 amide bonds. The molecule has 29 heavy (non-hydrogen) atoms. The zero-order valence-corrected chi connectivity index (χ0v) is 18.3.